The van der Waals surface area contributed by atoms with Crippen molar-refractivity contribution in [1.82, 2.24) is 0 Å². The van der Waals surface area contributed by atoms with Gasteiger partial charge in [0.1, 0.15) is 6.29 Å². The SMILES string of the molecule is O=Cc1ccc(Nc2c(-c3ccccc3)ccc3ccccc23)cc1. The fourth-order valence-electron chi connectivity index (χ4n) is 3.05. The monoisotopic (exact) mass is 323 g/mol. The van der Waals surface area contributed by atoms with Crippen LogP contribution in [0, 0.1) is 0 Å². The van der Waals surface area contributed by atoms with E-state index in [2.05, 4.69) is 47.8 Å². The molecule has 0 spiro atoms. The maximum absolute atomic E-state index is 10.9. The molecule has 0 aliphatic rings. The topological polar surface area (TPSA) is 29.1 Å². The smallest absolute Gasteiger partial charge is 0.150 e. The van der Waals surface area contributed by atoms with Crippen molar-refractivity contribution in [2.45, 2.75) is 0 Å². The number of benzene rings is 4. The van der Waals surface area contributed by atoms with Crippen LogP contribution >= 0.6 is 0 Å². The highest BCUT2D eigenvalue weighted by molar-refractivity contribution is 6.03. The second-order valence-electron chi connectivity index (χ2n) is 5.94. The van der Waals surface area contributed by atoms with E-state index in [1.807, 2.05) is 48.5 Å². The third kappa shape index (κ3) is 3.02. The van der Waals surface area contributed by atoms with Gasteiger partial charge in [0.2, 0.25) is 0 Å². The molecule has 0 amide bonds. The van der Waals surface area contributed by atoms with E-state index in [9.17, 15) is 4.79 Å². The van der Waals surface area contributed by atoms with Crippen LogP contribution in [0.15, 0.2) is 91.0 Å². The van der Waals surface area contributed by atoms with Crippen LogP contribution < -0.4 is 5.32 Å². The maximum atomic E-state index is 10.9. The van der Waals surface area contributed by atoms with E-state index in [0.717, 1.165) is 23.2 Å². The van der Waals surface area contributed by atoms with E-state index in [1.165, 1.54) is 16.3 Å². The molecule has 0 saturated heterocycles. The summed E-state index contributed by atoms with van der Waals surface area (Å²) in [6.45, 7) is 0. The molecule has 0 bridgehead atoms. The molecular formula is C23H17NO. The van der Waals surface area contributed by atoms with Crippen molar-refractivity contribution in [3.8, 4) is 11.1 Å². The fourth-order valence-corrected chi connectivity index (χ4v) is 3.05. The van der Waals surface area contributed by atoms with Gasteiger partial charge in [-0.25, -0.2) is 0 Å². The van der Waals surface area contributed by atoms with Gasteiger partial charge in [-0.2, -0.15) is 0 Å². The molecule has 4 aromatic carbocycles. The van der Waals surface area contributed by atoms with Crippen LogP contribution in [0.5, 0.6) is 0 Å². The Morgan fingerprint density at radius 3 is 2.16 bits per heavy atom. The van der Waals surface area contributed by atoms with Crippen molar-refractivity contribution < 1.29 is 4.79 Å². The summed E-state index contributed by atoms with van der Waals surface area (Å²) in [5.74, 6) is 0. The van der Waals surface area contributed by atoms with E-state index in [4.69, 9.17) is 0 Å². The second-order valence-corrected chi connectivity index (χ2v) is 5.94. The van der Waals surface area contributed by atoms with Crippen molar-refractivity contribution in [3.05, 3.63) is 96.6 Å². The first-order valence-corrected chi connectivity index (χ1v) is 8.24. The molecule has 0 aromatic heterocycles. The largest absolute Gasteiger partial charge is 0.355 e. The molecule has 25 heavy (non-hydrogen) atoms. The number of fused-ring (bicyclic) bond motifs is 1. The first-order chi connectivity index (χ1) is 12.3. The Morgan fingerprint density at radius 1 is 0.680 bits per heavy atom. The summed E-state index contributed by atoms with van der Waals surface area (Å²) in [6, 6.07) is 30.5. The predicted octanol–water partition coefficient (Wildman–Crippen LogP) is 6.06. The molecule has 0 unspecified atom stereocenters. The van der Waals surface area contributed by atoms with E-state index in [1.54, 1.807) is 0 Å². The number of rotatable bonds is 4. The van der Waals surface area contributed by atoms with Crippen molar-refractivity contribution in [3.63, 3.8) is 0 Å². The summed E-state index contributed by atoms with van der Waals surface area (Å²) in [5.41, 5.74) is 5.02. The van der Waals surface area contributed by atoms with Gasteiger partial charge in [-0.05, 0) is 35.2 Å². The Morgan fingerprint density at radius 2 is 1.40 bits per heavy atom. The first-order valence-electron chi connectivity index (χ1n) is 8.24. The molecule has 0 atom stereocenters. The van der Waals surface area contributed by atoms with Crippen molar-refractivity contribution >= 4 is 28.4 Å². The standard InChI is InChI=1S/C23H17NO/c25-16-17-10-13-20(14-11-17)24-23-21-9-5-4-8-19(21)12-15-22(23)18-6-2-1-3-7-18/h1-16,24H. The summed E-state index contributed by atoms with van der Waals surface area (Å²) < 4.78 is 0. The highest BCUT2D eigenvalue weighted by atomic mass is 16.1. The third-order valence-corrected chi connectivity index (χ3v) is 4.33. The Kier molecular flexibility index (Phi) is 4.01. The minimum Gasteiger partial charge on any atom is -0.355 e. The molecule has 1 N–H and O–H groups in total. The summed E-state index contributed by atoms with van der Waals surface area (Å²) >= 11 is 0. The molecular weight excluding hydrogens is 306 g/mol. The molecule has 0 radical (unpaired) electrons. The average molecular weight is 323 g/mol. The zero-order valence-electron chi connectivity index (χ0n) is 13.6. The normalized spacial score (nSPS) is 10.6. The maximum Gasteiger partial charge on any atom is 0.150 e. The van der Waals surface area contributed by atoms with E-state index in [0.29, 0.717) is 5.56 Å². The molecule has 0 saturated carbocycles. The molecule has 2 nitrogen and oxygen atoms in total. The lowest BCUT2D eigenvalue weighted by molar-refractivity contribution is 0.112. The number of hydrogen-bond donors (Lipinski definition) is 1. The van der Waals surface area contributed by atoms with E-state index >= 15 is 0 Å². The molecule has 0 fully saturated rings. The number of hydrogen-bond acceptors (Lipinski definition) is 2. The van der Waals surface area contributed by atoms with Gasteiger partial charge >= 0.3 is 0 Å². The van der Waals surface area contributed by atoms with Crippen LogP contribution in [0.2, 0.25) is 0 Å². The van der Waals surface area contributed by atoms with E-state index < -0.39 is 0 Å². The Bertz CT molecular complexity index is 1020. The third-order valence-electron chi connectivity index (χ3n) is 4.33. The summed E-state index contributed by atoms with van der Waals surface area (Å²) in [6.07, 6.45) is 0.858. The van der Waals surface area contributed by atoms with Gasteiger partial charge in [0, 0.05) is 22.2 Å². The lowest BCUT2D eigenvalue weighted by Crippen LogP contribution is -1.95. The van der Waals surface area contributed by atoms with Gasteiger partial charge in [0.15, 0.2) is 0 Å². The van der Waals surface area contributed by atoms with Gasteiger partial charge in [-0.15, -0.1) is 0 Å². The van der Waals surface area contributed by atoms with Crippen LogP contribution in [-0.4, -0.2) is 6.29 Å². The highest BCUT2D eigenvalue weighted by Gasteiger charge is 2.10. The van der Waals surface area contributed by atoms with Crippen molar-refractivity contribution in [2.24, 2.45) is 0 Å². The molecule has 120 valence electrons. The molecule has 4 rings (SSSR count). The lowest BCUT2D eigenvalue weighted by atomic mass is 9.98. The first kappa shape index (κ1) is 15.2. The number of aldehydes is 1. The zero-order valence-corrected chi connectivity index (χ0v) is 13.6. The van der Waals surface area contributed by atoms with Crippen LogP contribution in [0.25, 0.3) is 21.9 Å². The van der Waals surface area contributed by atoms with Crippen LogP contribution in [0.3, 0.4) is 0 Å². The van der Waals surface area contributed by atoms with Crippen LogP contribution in [0.1, 0.15) is 10.4 Å². The number of nitrogens with one attached hydrogen (secondary N) is 1. The van der Waals surface area contributed by atoms with Gasteiger partial charge in [0.25, 0.3) is 0 Å². The molecule has 0 heterocycles. The molecule has 4 aromatic rings. The second kappa shape index (κ2) is 6.62. The minimum absolute atomic E-state index is 0.673. The van der Waals surface area contributed by atoms with Crippen molar-refractivity contribution in [1.29, 1.82) is 0 Å². The van der Waals surface area contributed by atoms with Crippen molar-refractivity contribution in [2.75, 3.05) is 5.32 Å². The predicted molar refractivity (Wildman–Crippen MR) is 104 cm³/mol. The van der Waals surface area contributed by atoms with Gasteiger partial charge in [-0.3, -0.25) is 4.79 Å². The summed E-state index contributed by atoms with van der Waals surface area (Å²) in [4.78, 5) is 10.9. The number of carbonyl (C=O) groups is 1. The Hall–Kier alpha value is -3.39. The van der Waals surface area contributed by atoms with Crippen LogP contribution in [0.4, 0.5) is 11.4 Å². The van der Waals surface area contributed by atoms with E-state index in [-0.39, 0.29) is 0 Å². The van der Waals surface area contributed by atoms with Crippen LogP contribution in [-0.2, 0) is 0 Å². The Labute approximate surface area is 146 Å². The molecule has 2 heteroatoms. The highest BCUT2D eigenvalue weighted by Crippen LogP contribution is 2.36. The number of anilines is 2. The zero-order chi connectivity index (χ0) is 17.1. The average Bonchev–Trinajstić information content (AvgIpc) is 2.69. The van der Waals surface area contributed by atoms with Gasteiger partial charge in [0.05, 0.1) is 5.69 Å². The summed E-state index contributed by atoms with van der Waals surface area (Å²) in [7, 11) is 0. The fraction of sp³-hybridized carbons (Fsp3) is 0. The lowest BCUT2D eigenvalue weighted by Gasteiger charge is -2.16. The molecule has 0 aliphatic heterocycles. The van der Waals surface area contributed by atoms with Gasteiger partial charge in [-0.1, -0.05) is 66.7 Å². The minimum atomic E-state index is 0.673. The molecule has 0 aliphatic carbocycles. The summed E-state index contributed by atoms with van der Waals surface area (Å²) in [5, 5.41) is 5.91. The Balaban J connectivity index is 1.88. The van der Waals surface area contributed by atoms with Gasteiger partial charge < -0.3 is 5.32 Å². The number of carbonyl (C=O) groups excluding carboxylic acids is 1. The quantitative estimate of drug-likeness (QED) is 0.462.